The molecule has 2 atom stereocenters. The Labute approximate surface area is 162 Å². The lowest BCUT2D eigenvalue weighted by Crippen LogP contribution is -2.37. The van der Waals surface area contributed by atoms with Crippen molar-refractivity contribution < 1.29 is 28.7 Å². The predicted molar refractivity (Wildman–Crippen MR) is 96.3 cm³/mol. The maximum absolute atomic E-state index is 12.2. The van der Waals surface area contributed by atoms with Crippen molar-refractivity contribution in [1.29, 1.82) is 0 Å². The summed E-state index contributed by atoms with van der Waals surface area (Å²) in [5.74, 6) is -2.40. The van der Waals surface area contributed by atoms with Gasteiger partial charge in [-0.1, -0.05) is 6.07 Å². The zero-order valence-corrected chi connectivity index (χ0v) is 15.8. The van der Waals surface area contributed by atoms with E-state index in [0.29, 0.717) is 0 Å². The first-order valence-corrected chi connectivity index (χ1v) is 9.33. The van der Waals surface area contributed by atoms with E-state index >= 15 is 0 Å². The molecule has 0 spiro atoms. The fraction of sp³-hybridized carbons (Fsp3) is 0.526. The molecule has 0 saturated heterocycles. The number of hydrogen-bond donors (Lipinski definition) is 2. The maximum Gasteiger partial charge on any atom is 0.357 e. The standard InChI is InChI=1S/C19H23N3O6/c1-10(16(23)20-12-6-7-12)27-18(25)14-4-3-5-15(22-14)19(26)28-11(2)17(24)21-13-8-9-13/h3-5,10-13H,6-9H2,1-2H3,(H,20,23)(H,21,24)/t10-,11+. The highest BCUT2D eigenvalue weighted by Crippen LogP contribution is 2.19. The Hall–Kier alpha value is -2.97. The highest BCUT2D eigenvalue weighted by Gasteiger charge is 2.29. The smallest absolute Gasteiger partial charge is 0.357 e. The molecule has 0 radical (unpaired) electrons. The Morgan fingerprint density at radius 3 is 1.61 bits per heavy atom. The van der Waals surface area contributed by atoms with E-state index < -0.39 is 24.1 Å². The number of hydrogen-bond acceptors (Lipinski definition) is 7. The average molecular weight is 389 g/mol. The van der Waals surface area contributed by atoms with Crippen LogP contribution in [-0.2, 0) is 19.1 Å². The van der Waals surface area contributed by atoms with Crippen molar-refractivity contribution in [1.82, 2.24) is 15.6 Å². The molecule has 9 nitrogen and oxygen atoms in total. The fourth-order valence-electron chi connectivity index (χ4n) is 2.30. The van der Waals surface area contributed by atoms with Crippen LogP contribution >= 0.6 is 0 Å². The normalized spacial score (nSPS) is 17.8. The van der Waals surface area contributed by atoms with Crippen molar-refractivity contribution in [3.63, 3.8) is 0 Å². The second kappa shape index (κ2) is 8.37. The van der Waals surface area contributed by atoms with Crippen molar-refractivity contribution in [2.75, 3.05) is 0 Å². The number of amides is 2. The van der Waals surface area contributed by atoms with Crippen LogP contribution in [0, 0.1) is 0 Å². The molecule has 150 valence electrons. The van der Waals surface area contributed by atoms with Crippen LogP contribution in [-0.4, -0.2) is 53.0 Å². The lowest BCUT2D eigenvalue weighted by Gasteiger charge is -2.14. The van der Waals surface area contributed by atoms with E-state index in [4.69, 9.17) is 9.47 Å². The lowest BCUT2D eigenvalue weighted by molar-refractivity contribution is -0.129. The number of nitrogens with one attached hydrogen (secondary N) is 2. The summed E-state index contributed by atoms with van der Waals surface area (Å²) < 4.78 is 10.2. The summed E-state index contributed by atoms with van der Waals surface area (Å²) in [6.07, 6.45) is 1.75. The number of carbonyl (C=O) groups is 4. The zero-order valence-electron chi connectivity index (χ0n) is 15.8. The van der Waals surface area contributed by atoms with Crippen molar-refractivity contribution >= 4 is 23.8 Å². The minimum atomic E-state index is -0.975. The molecule has 2 fully saturated rings. The first kappa shape index (κ1) is 19.8. The predicted octanol–water partition coefficient (Wildman–Crippen LogP) is 0.729. The van der Waals surface area contributed by atoms with Crippen LogP contribution in [0.25, 0.3) is 0 Å². The molecule has 2 aliphatic carbocycles. The van der Waals surface area contributed by atoms with Gasteiger partial charge in [-0.05, 0) is 51.7 Å². The van der Waals surface area contributed by atoms with Crippen molar-refractivity contribution in [2.24, 2.45) is 0 Å². The van der Waals surface area contributed by atoms with E-state index in [9.17, 15) is 19.2 Å². The van der Waals surface area contributed by atoms with Crippen molar-refractivity contribution in [3.8, 4) is 0 Å². The topological polar surface area (TPSA) is 124 Å². The van der Waals surface area contributed by atoms with Gasteiger partial charge in [0, 0.05) is 12.1 Å². The molecule has 0 aromatic carbocycles. The van der Waals surface area contributed by atoms with E-state index in [0.717, 1.165) is 25.7 Å². The molecule has 2 saturated carbocycles. The summed E-state index contributed by atoms with van der Waals surface area (Å²) in [6.45, 7) is 2.93. The molecule has 1 aromatic rings. The average Bonchev–Trinajstić information content (AvgIpc) is 3.58. The van der Waals surface area contributed by atoms with Crippen LogP contribution in [0.1, 0.15) is 60.5 Å². The number of esters is 2. The van der Waals surface area contributed by atoms with Gasteiger partial charge in [-0.2, -0.15) is 0 Å². The second-order valence-electron chi connectivity index (χ2n) is 7.07. The summed E-state index contributed by atoms with van der Waals surface area (Å²) >= 11 is 0. The number of rotatable bonds is 8. The second-order valence-corrected chi connectivity index (χ2v) is 7.07. The molecule has 1 heterocycles. The minimum Gasteiger partial charge on any atom is -0.448 e. The molecule has 2 amide bonds. The summed E-state index contributed by atoms with van der Waals surface area (Å²) in [5.41, 5.74) is -0.258. The molecule has 9 heteroatoms. The van der Waals surface area contributed by atoms with Gasteiger partial charge in [-0.3, -0.25) is 9.59 Å². The van der Waals surface area contributed by atoms with Crippen LogP contribution in [0.15, 0.2) is 18.2 Å². The van der Waals surface area contributed by atoms with E-state index in [2.05, 4.69) is 15.6 Å². The summed E-state index contributed by atoms with van der Waals surface area (Å²) in [6, 6.07) is 4.50. The van der Waals surface area contributed by atoms with Crippen molar-refractivity contribution in [3.05, 3.63) is 29.6 Å². The number of ether oxygens (including phenoxy) is 2. The molecule has 1 aromatic heterocycles. The first-order valence-electron chi connectivity index (χ1n) is 9.33. The van der Waals surface area contributed by atoms with Crippen LogP contribution < -0.4 is 10.6 Å². The summed E-state index contributed by atoms with van der Waals surface area (Å²) in [4.78, 5) is 52.1. The molecule has 3 rings (SSSR count). The van der Waals surface area contributed by atoms with E-state index in [1.54, 1.807) is 0 Å². The summed E-state index contributed by atoms with van der Waals surface area (Å²) in [5, 5.41) is 5.48. The Morgan fingerprint density at radius 2 is 1.25 bits per heavy atom. The highest BCUT2D eigenvalue weighted by atomic mass is 16.6. The van der Waals surface area contributed by atoms with Gasteiger partial charge in [0.15, 0.2) is 12.2 Å². The number of aromatic nitrogens is 1. The SMILES string of the molecule is C[C@H](OC(=O)c1cccc(C(=O)O[C@H](C)C(=O)NC2CC2)n1)C(=O)NC1CC1. The number of carbonyl (C=O) groups excluding carboxylic acids is 4. The third-order valence-corrected chi connectivity index (χ3v) is 4.32. The van der Waals surface area contributed by atoms with Gasteiger partial charge in [0.1, 0.15) is 11.4 Å². The van der Waals surface area contributed by atoms with E-state index in [1.165, 1.54) is 32.0 Å². The number of nitrogens with zero attached hydrogens (tertiary/aromatic N) is 1. The Balaban J connectivity index is 1.55. The molecule has 2 N–H and O–H groups in total. The highest BCUT2D eigenvalue weighted by molar-refractivity contribution is 5.94. The molecular weight excluding hydrogens is 366 g/mol. The third kappa shape index (κ3) is 5.51. The molecule has 2 aliphatic rings. The largest absolute Gasteiger partial charge is 0.448 e. The quantitative estimate of drug-likeness (QED) is 0.628. The summed E-state index contributed by atoms with van der Waals surface area (Å²) in [7, 11) is 0. The molecule has 0 unspecified atom stereocenters. The number of pyridine rings is 1. The zero-order chi connectivity index (χ0) is 20.3. The van der Waals surface area contributed by atoms with Gasteiger partial charge in [-0.25, -0.2) is 14.6 Å². The fourth-order valence-corrected chi connectivity index (χ4v) is 2.30. The maximum atomic E-state index is 12.2. The first-order chi connectivity index (χ1) is 13.3. The third-order valence-electron chi connectivity index (χ3n) is 4.32. The van der Waals surface area contributed by atoms with Gasteiger partial charge in [-0.15, -0.1) is 0 Å². The van der Waals surface area contributed by atoms with Gasteiger partial charge in [0.05, 0.1) is 0 Å². The molecule has 28 heavy (non-hydrogen) atoms. The molecule has 0 aliphatic heterocycles. The van der Waals surface area contributed by atoms with Crippen molar-refractivity contribution in [2.45, 2.75) is 63.8 Å². The van der Waals surface area contributed by atoms with Gasteiger partial charge in [0.25, 0.3) is 11.8 Å². The lowest BCUT2D eigenvalue weighted by atomic mass is 10.3. The monoisotopic (exact) mass is 389 g/mol. The van der Waals surface area contributed by atoms with E-state index in [-0.39, 0.29) is 35.3 Å². The van der Waals surface area contributed by atoms with Crippen LogP contribution in [0.5, 0.6) is 0 Å². The van der Waals surface area contributed by atoms with Gasteiger partial charge < -0.3 is 20.1 Å². The van der Waals surface area contributed by atoms with Gasteiger partial charge in [0.2, 0.25) is 0 Å². The Kier molecular flexibility index (Phi) is 5.91. The molecular formula is C19H23N3O6. The van der Waals surface area contributed by atoms with Crippen LogP contribution in [0.2, 0.25) is 0 Å². The van der Waals surface area contributed by atoms with Crippen LogP contribution in [0.4, 0.5) is 0 Å². The minimum absolute atomic E-state index is 0.129. The molecule has 0 bridgehead atoms. The Bertz CT molecular complexity index is 726. The van der Waals surface area contributed by atoms with Crippen LogP contribution in [0.3, 0.4) is 0 Å². The van der Waals surface area contributed by atoms with E-state index in [1.807, 2.05) is 0 Å². The Morgan fingerprint density at radius 1 is 0.857 bits per heavy atom. The van der Waals surface area contributed by atoms with Gasteiger partial charge >= 0.3 is 11.9 Å².